The summed E-state index contributed by atoms with van der Waals surface area (Å²) in [4.78, 5) is 8.18. The molecule has 2 rings (SSSR count). The Hall–Kier alpha value is -1.68. The summed E-state index contributed by atoms with van der Waals surface area (Å²) in [5.41, 5.74) is 1.90. The van der Waals surface area contributed by atoms with Crippen LogP contribution in [0, 0.1) is 0 Å². The molecular weight excluding hydrogens is 267 g/mol. The zero-order chi connectivity index (χ0) is 13.8. The van der Waals surface area contributed by atoms with Crippen LogP contribution >= 0.6 is 11.6 Å². The molecule has 0 spiro atoms. The molecule has 0 saturated heterocycles. The lowest BCUT2D eigenvalue weighted by Crippen LogP contribution is -2.06. The van der Waals surface area contributed by atoms with Gasteiger partial charge in [-0.3, -0.25) is 4.98 Å². The first kappa shape index (κ1) is 13.7. The van der Waals surface area contributed by atoms with Gasteiger partial charge >= 0.3 is 0 Å². The van der Waals surface area contributed by atoms with Crippen LogP contribution in [0.15, 0.2) is 30.6 Å². The van der Waals surface area contributed by atoms with Crippen LogP contribution in [0.1, 0.15) is 19.5 Å². The van der Waals surface area contributed by atoms with E-state index >= 15 is 0 Å². The van der Waals surface area contributed by atoms with E-state index in [1.165, 1.54) is 0 Å². The SMILES string of the molecule is CC(C)Oc1ccc(-c2cnc(CF)c(Cl)c2)cn1. The molecule has 19 heavy (non-hydrogen) atoms. The average Bonchev–Trinajstić information content (AvgIpc) is 2.39. The van der Waals surface area contributed by atoms with Crippen LogP contribution in [0.3, 0.4) is 0 Å². The van der Waals surface area contributed by atoms with Crippen molar-refractivity contribution in [1.29, 1.82) is 0 Å². The summed E-state index contributed by atoms with van der Waals surface area (Å²) >= 11 is 5.93. The molecule has 5 heteroatoms. The van der Waals surface area contributed by atoms with Gasteiger partial charge in [0.1, 0.15) is 6.67 Å². The van der Waals surface area contributed by atoms with E-state index in [0.29, 0.717) is 10.9 Å². The summed E-state index contributed by atoms with van der Waals surface area (Å²) in [7, 11) is 0. The minimum Gasteiger partial charge on any atom is -0.475 e. The molecular formula is C14H14ClFN2O. The van der Waals surface area contributed by atoms with Crippen molar-refractivity contribution in [2.24, 2.45) is 0 Å². The lowest BCUT2D eigenvalue weighted by molar-refractivity contribution is 0.232. The summed E-state index contributed by atoms with van der Waals surface area (Å²) in [6.45, 7) is 3.21. The van der Waals surface area contributed by atoms with Gasteiger partial charge in [-0.25, -0.2) is 9.37 Å². The number of nitrogens with zero attached hydrogens (tertiary/aromatic N) is 2. The summed E-state index contributed by atoms with van der Waals surface area (Å²) in [5.74, 6) is 0.568. The molecule has 0 fully saturated rings. The third kappa shape index (κ3) is 3.41. The highest BCUT2D eigenvalue weighted by atomic mass is 35.5. The van der Waals surface area contributed by atoms with E-state index in [9.17, 15) is 4.39 Å². The largest absolute Gasteiger partial charge is 0.475 e. The van der Waals surface area contributed by atoms with Crippen molar-refractivity contribution in [3.63, 3.8) is 0 Å². The molecule has 0 aliphatic heterocycles. The highest BCUT2D eigenvalue weighted by molar-refractivity contribution is 6.31. The number of halogens is 2. The Bertz CT molecular complexity index is 558. The van der Waals surface area contributed by atoms with Gasteiger partial charge in [-0.2, -0.15) is 0 Å². The molecule has 0 unspecified atom stereocenters. The van der Waals surface area contributed by atoms with Gasteiger partial charge in [-0.1, -0.05) is 11.6 Å². The van der Waals surface area contributed by atoms with E-state index in [4.69, 9.17) is 16.3 Å². The molecule has 3 nitrogen and oxygen atoms in total. The van der Waals surface area contributed by atoms with Gasteiger partial charge < -0.3 is 4.74 Å². The van der Waals surface area contributed by atoms with Gasteiger partial charge in [0.05, 0.1) is 16.8 Å². The fraction of sp³-hybridized carbons (Fsp3) is 0.286. The molecule has 100 valence electrons. The molecule has 0 aliphatic rings. The third-order valence-corrected chi connectivity index (χ3v) is 2.80. The van der Waals surface area contributed by atoms with Gasteiger partial charge in [0.15, 0.2) is 0 Å². The second-order valence-corrected chi connectivity index (χ2v) is 4.75. The second kappa shape index (κ2) is 5.97. The molecule has 0 atom stereocenters. The average molecular weight is 281 g/mol. The van der Waals surface area contributed by atoms with Gasteiger partial charge in [-0.05, 0) is 26.0 Å². The summed E-state index contributed by atoms with van der Waals surface area (Å²) in [6.07, 6.45) is 3.35. The van der Waals surface area contributed by atoms with E-state index in [-0.39, 0.29) is 11.8 Å². The van der Waals surface area contributed by atoms with E-state index in [2.05, 4.69) is 9.97 Å². The number of ether oxygens (including phenoxy) is 1. The quantitative estimate of drug-likeness (QED) is 0.847. The Morgan fingerprint density at radius 1 is 1.21 bits per heavy atom. The van der Waals surface area contributed by atoms with Crippen molar-refractivity contribution in [3.8, 4) is 17.0 Å². The second-order valence-electron chi connectivity index (χ2n) is 4.34. The lowest BCUT2D eigenvalue weighted by Gasteiger charge is -2.09. The molecule has 2 heterocycles. The van der Waals surface area contributed by atoms with Crippen LogP contribution < -0.4 is 4.74 Å². The van der Waals surface area contributed by atoms with E-state index in [0.717, 1.165) is 11.1 Å². The first-order valence-corrected chi connectivity index (χ1v) is 6.31. The first-order valence-electron chi connectivity index (χ1n) is 5.93. The Morgan fingerprint density at radius 2 is 1.95 bits per heavy atom. The Kier molecular flexibility index (Phi) is 4.32. The van der Waals surface area contributed by atoms with Crippen molar-refractivity contribution < 1.29 is 9.13 Å². The molecule has 0 saturated carbocycles. The van der Waals surface area contributed by atoms with Crippen molar-refractivity contribution in [3.05, 3.63) is 41.3 Å². The van der Waals surface area contributed by atoms with Crippen LogP contribution in [0.5, 0.6) is 5.88 Å². The minimum absolute atomic E-state index is 0.0818. The van der Waals surface area contributed by atoms with E-state index < -0.39 is 6.67 Å². The van der Waals surface area contributed by atoms with Gasteiger partial charge in [0, 0.05) is 29.6 Å². The maximum atomic E-state index is 12.5. The smallest absolute Gasteiger partial charge is 0.213 e. The minimum atomic E-state index is -0.668. The van der Waals surface area contributed by atoms with Crippen LogP contribution in [0.2, 0.25) is 5.02 Å². The molecule has 0 bridgehead atoms. The molecule has 0 aromatic carbocycles. The predicted molar refractivity (Wildman–Crippen MR) is 73.1 cm³/mol. The van der Waals surface area contributed by atoms with Crippen LogP contribution in [0.25, 0.3) is 11.1 Å². The van der Waals surface area contributed by atoms with Gasteiger partial charge in [0.2, 0.25) is 5.88 Å². The number of hydrogen-bond acceptors (Lipinski definition) is 3. The van der Waals surface area contributed by atoms with E-state index in [1.807, 2.05) is 19.9 Å². The number of rotatable bonds is 4. The van der Waals surface area contributed by atoms with Crippen LogP contribution in [-0.2, 0) is 6.67 Å². The summed E-state index contributed by atoms with van der Waals surface area (Å²) < 4.78 is 18.0. The highest BCUT2D eigenvalue weighted by Gasteiger charge is 2.06. The van der Waals surface area contributed by atoms with Crippen molar-refractivity contribution in [2.75, 3.05) is 0 Å². The van der Waals surface area contributed by atoms with Crippen molar-refractivity contribution >= 4 is 11.6 Å². The Balaban J connectivity index is 2.24. The zero-order valence-corrected chi connectivity index (χ0v) is 11.5. The topological polar surface area (TPSA) is 35.0 Å². The number of hydrogen-bond donors (Lipinski definition) is 0. The summed E-state index contributed by atoms with van der Waals surface area (Å²) in [6, 6.07) is 5.34. The molecule has 2 aromatic heterocycles. The molecule has 0 aliphatic carbocycles. The first-order chi connectivity index (χ1) is 9.10. The highest BCUT2D eigenvalue weighted by Crippen LogP contribution is 2.25. The molecule has 2 aromatic rings. The van der Waals surface area contributed by atoms with Crippen LogP contribution in [0.4, 0.5) is 4.39 Å². The maximum absolute atomic E-state index is 12.5. The molecule has 0 N–H and O–H groups in total. The maximum Gasteiger partial charge on any atom is 0.213 e. The van der Waals surface area contributed by atoms with Crippen molar-refractivity contribution in [2.45, 2.75) is 26.6 Å². The molecule has 0 radical (unpaired) electrons. The molecule has 0 amide bonds. The number of pyridine rings is 2. The fourth-order valence-electron chi connectivity index (χ4n) is 1.58. The van der Waals surface area contributed by atoms with Gasteiger partial charge in [0.25, 0.3) is 0 Å². The Morgan fingerprint density at radius 3 is 2.47 bits per heavy atom. The third-order valence-electron chi connectivity index (χ3n) is 2.47. The summed E-state index contributed by atoms with van der Waals surface area (Å²) in [5, 5.41) is 0.322. The van der Waals surface area contributed by atoms with E-state index in [1.54, 1.807) is 24.5 Å². The zero-order valence-electron chi connectivity index (χ0n) is 10.7. The lowest BCUT2D eigenvalue weighted by atomic mass is 10.1. The number of alkyl halides is 1. The predicted octanol–water partition coefficient (Wildman–Crippen LogP) is 4.05. The number of aromatic nitrogens is 2. The monoisotopic (exact) mass is 280 g/mol. The van der Waals surface area contributed by atoms with Gasteiger partial charge in [-0.15, -0.1) is 0 Å². The van der Waals surface area contributed by atoms with Crippen LogP contribution in [-0.4, -0.2) is 16.1 Å². The standard InChI is InChI=1S/C14H14ClFN2O/c1-9(2)19-14-4-3-10(7-18-14)11-5-12(15)13(6-16)17-8-11/h3-5,7-9H,6H2,1-2H3. The normalized spacial score (nSPS) is 10.8. The fourth-order valence-corrected chi connectivity index (χ4v) is 1.80. The Labute approximate surface area is 116 Å². The van der Waals surface area contributed by atoms with Crippen molar-refractivity contribution in [1.82, 2.24) is 9.97 Å².